The molecule has 0 bridgehead atoms. The largest absolute Gasteiger partial charge is 0.339 e. The summed E-state index contributed by atoms with van der Waals surface area (Å²) in [7, 11) is 0. The summed E-state index contributed by atoms with van der Waals surface area (Å²) in [5.41, 5.74) is 2.11. The number of benzene rings is 1. The van der Waals surface area contributed by atoms with Crippen LogP contribution in [0, 0.1) is 0 Å². The van der Waals surface area contributed by atoms with E-state index in [1.165, 1.54) is 5.56 Å². The van der Waals surface area contributed by atoms with Crippen LogP contribution in [0.1, 0.15) is 75.2 Å². The van der Waals surface area contributed by atoms with Crippen LogP contribution in [-0.2, 0) is 0 Å². The van der Waals surface area contributed by atoms with Gasteiger partial charge in [0, 0.05) is 18.7 Å². The summed E-state index contributed by atoms with van der Waals surface area (Å²) in [6, 6.07) is 8.11. The van der Waals surface area contributed by atoms with Crippen molar-refractivity contribution in [2.24, 2.45) is 0 Å². The second-order valence-electron chi connectivity index (χ2n) is 5.78. The van der Waals surface area contributed by atoms with E-state index in [0.29, 0.717) is 5.92 Å². The van der Waals surface area contributed by atoms with E-state index in [-0.39, 0.29) is 5.91 Å². The molecular weight excluding hydrogens is 246 g/mol. The Morgan fingerprint density at radius 1 is 1.00 bits per heavy atom. The lowest BCUT2D eigenvalue weighted by molar-refractivity contribution is 0.0751. The van der Waals surface area contributed by atoms with Gasteiger partial charge >= 0.3 is 0 Å². The van der Waals surface area contributed by atoms with Crippen LogP contribution < -0.4 is 0 Å². The SMILES string of the molecule is CCCCN(CCCC)C(=O)c1ccc(C(C)C)cc1. The van der Waals surface area contributed by atoms with Crippen molar-refractivity contribution in [2.75, 3.05) is 13.1 Å². The van der Waals surface area contributed by atoms with Crippen molar-refractivity contribution in [2.45, 2.75) is 59.3 Å². The molecule has 0 saturated carbocycles. The van der Waals surface area contributed by atoms with E-state index in [0.717, 1.165) is 44.3 Å². The van der Waals surface area contributed by atoms with E-state index in [9.17, 15) is 4.79 Å². The molecule has 1 aromatic rings. The van der Waals surface area contributed by atoms with Crippen LogP contribution in [0.4, 0.5) is 0 Å². The molecule has 0 aromatic heterocycles. The molecule has 0 saturated heterocycles. The Balaban J connectivity index is 2.76. The molecule has 0 atom stereocenters. The van der Waals surface area contributed by atoms with Crippen LogP contribution in [0.2, 0.25) is 0 Å². The summed E-state index contributed by atoms with van der Waals surface area (Å²) in [5, 5.41) is 0. The Morgan fingerprint density at radius 3 is 1.90 bits per heavy atom. The van der Waals surface area contributed by atoms with E-state index >= 15 is 0 Å². The van der Waals surface area contributed by atoms with Crippen molar-refractivity contribution in [1.29, 1.82) is 0 Å². The quantitative estimate of drug-likeness (QED) is 0.664. The van der Waals surface area contributed by atoms with Gasteiger partial charge in [-0.25, -0.2) is 0 Å². The minimum atomic E-state index is 0.183. The molecule has 1 aromatic carbocycles. The van der Waals surface area contributed by atoms with Gasteiger partial charge in [0.15, 0.2) is 0 Å². The fourth-order valence-corrected chi connectivity index (χ4v) is 2.21. The molecule has 2 nitrogen and oxygen atoms in total. The third kappa shape index (κ3) is 4.99. The van der Waals surface area contributed by atoms with Gasteiger partial charge in [-0.3, -0.25) is 4.79 Å². The van der Waals surface area contributed by atoms with Crippen molar-refractivity contribution >= 4 is 5.91 Å². The number of carbonyl (C=O) groups is 1. The molecule has 0 aliphatic rings. The molecule has 1 rings (SSSR count). The van der Waals surface area contributed by atoms with Gasteiger partial charge in [0.2, 0.25) is 0 Å². The minimum Gasteiger partial charge on any atom is -0.339 e. The molecule has 0 unspecified atom stereocenters. The van der Waals surface area contributed by atoms with Gasteiger partial charge in [0.1, 0.15) is 0 Å². The van der Waals surface area contributed by atoms with Gasteiger partial charge in [-0.1, -0.05) is 52.7 Å². The van der Waals surface area contributed by atoms with Crippen LogP contribution in [0.5, 0.6) is 0 Å². The molecule has 0 heterocycles. The highest BCUT2D eigenvalue weighted by Gasteiger charge is 2.14. The van der Waals surface area contributed by atoms with Crippen molar-refractivity contribution in [3.8, 4) is 0 Å². The van der Waals surface area contributed by atoms with Gasteiger partial charge in [0.05, 0.1) is 0 Å². The van der Waals surface area contributed by atoms with Gasteiger partial charge in [-0.2, -0.15) is 0 Å². The van der Waals surface area contributed by atoms with Gasteiger partial charge < -0.3 is 4.90 Å². The molecule has 0 aliphatic carbocycles. The highest BCUT2D eigenvalue weighted by atomic mass is 16.2. The average molecular weight is 275 g/mol. The van der Waals surface area contributed by atoms with Crippen molar-refractivity contribution < 1.29 is 4.79 Å². The Labute approximate surface area is 124 Å². The van der Waals surface area contributed by atoms with E-state index < -0.39 is 0 Å². The number of nitrogens with zero attached hydrogens (tertiary/aromatic N) is 1. The van der Waals surface area contributed by atoms with Crippen LogP contribution in [0.25, 0.3) is 0 Å². The Morgan fingerprint density at radius 2 is 1.50 bits per heavy atom. The summed E-state index contributed by atoms with van der Waals surface area (Å²) < 4.78 is 0. The topological polar surface area (TPSA) is 20.3 Å². The van der Waals surface area contributed by atoms with Gasteiger partial charge in [-0.15, -0.1) is 0 Å². The molecule has 0 N–H and O–H groups in total. The van der Waals surface area contributed by atoms with E-state index in [2.05, 4.69) is 39.8 Å². The highest BCUT2D eigenvalue weighted by molar-refractivity contribution is 5.94. The second kappa shape index (κ2) is 8.78. The van der Waals surface area contributed by atoms with Crippen molar-refractivity contribution in [3.63, 3.8) is 0 Å². The fraction of sp³-hybridized carbons (Fsp3) is 0.611. The number of hydrogen-bond donors (Lipinski definition) is 0. The summed E-state index contributed by atoms with van der Waals surface area (Å²) in [5.74, 6) is 0.692. The summed E-state index contributed by atoms with van der Waals surface area (Å²) in [4.78, 5) is 14.6. The molecule has 2 heteroatoms. The van der Waals surface area contributed by atoms with Crippen molar-refractivity contribution in [3.05, 3.63) is 35.4 Å². The predicted octanol–water partition coefficient (Wildman–Crippen LogP) is 4.85. The van der Waals surface area contributed by atoms with Gasteiger partial charge in [0.25, 0.3) is 5.91 Å². The Kier molecular flexibility index (Phi) is 7.35. The normalized spacial score (nSPS) is 10.8. The van der Waals surface area contributed by atoms with E-state index in [1.54, 1.807) is 0 Å². The smallest absolute Gasteiger partial charge is 0.253 e. The number of rotatable bonds is 8. The molecule has 0 fully saturated rings. The zero-order valence-corrected chi connectivity index (χ0v) is 13.5. The van der Waals surface area contributed by atoms with Crippen LogP contribution >= 0.6 is 0 Å². The maximum atomic E-state index is 12.6. The number of carbonyl (C=O) groups excluding carboxylic acids is 1. The highest BCUT2D eigenvalue weighted by Crippen LogP contribution is 2.16. The standard InChI is InChI=1S/C18H29NO/c1-5-7-13-19(14-8-6-2)18(20)17-11-9-16(10-12-17)15(3)4/h9-12,15H,5-8,13-14H2,1-4H3. The molecule has 0 radical (unpaired) electrons. The Bertz CT molecular complexity index is 386. The number of unbranched alkanes of at least 4 members (excludes halogenated alkanes) is 2. The van der Waals surface area contributed by atoms with Crippen LogP contribution in [0.15, 0.2) is 24.3 Å². The first-order valence-corrected chi connectivity index (χ1v) is 7.99. The lowest BCUT2D eigenvalue weighted by Crippen LogP contribution is -2.32. The third-order valence-corrected chi connectivity index (χ3v) is 3.67. The van der Waals surface area contributed by atoms with E-state index in [4.69, 9.17) is 0 Å². The zero-order chi connectivity index (χ0) is 15.0. The fourth-order valence-electron chi connectivity index (χ4n) is 2.21. The molecule has 20 heavy (non-hydrogen) atoms. The average Bonchev–Trinajstić information content (AvgIpc) is 2.47. The molecular formula is C18H29NO. The lowest BCUT2D eigenvalue weighted by atomic mass is 10.0. The van der Waals surface area contributed by atoms with E-state index in [1.807, 2.05) is 17.0 Å². The number of hydrogen-bond acceptors (Lipinski definition) is 1. The molecule has 112 valence electrons. The predicted molar refractivity (Wildman–Crippen MR) is 86.3 cm³/mol. The van der Waals surface area contributed by atoms with Crippen molar-refractivity contribution in [1.82, 2.24) is 4.90 Å². The maximum absolute atomic E-state index is 12.6. The second-order valence-corrected chi connectivity index (χ2v) is 5.78. The minimum absolute atomic E-state index is 0.183. The molecule has 0 spiro atoms. The van der Waals surface area contributed by atoms with Crippen LogP contribution in [0.3, 0.4) is 0 Å². The summed E-state index contributed by atoms with van der Waals surface area (Å²) in [6.45, 7) is 10.4. The first-order valence-electron chi connectivity index (χ1n) is 7.99. The number of amides is 1. The third-order valence-electron chi connectivity index (χ3n) is 3.67. The Hall–Kier alpha value is -1.31. The van der Waals surface area contributed by atoms with Gasteiger partial charge in [-0.05, 0) is 36.5 Å². The molecule has 1 amide bonds. The van der Waals surface area contributed by atoms with Crippen LogP contribution in [-0.4, -0.2) is 23.9 Å². The lowest BCUT2D eigenvalue weighted by Gasteiger charge is -2.22. The summed E-state index contributed by atoms with van der Waals surface area (Å²) in [6.07, 6.45) is 4.42. The first-order chi connectivity index (χ1) is 9.60. The summed E-state index contributed by atoms with van der Waals surface area (Å²) >= 11 is 0. The monoisotopic (exact) mass is 275 g/mol. The zero-order valence-electron chi connectivity index (χ0n) is 13.5. The first kappa shape index (κ1) is 16.7. The maximum Gasteiger partial charge on any atom is 0.253 e. The molecule has 0 aliphatic heterocycles.